The Hall–Kier alpha value is 0.980. The van der Waals surface area contributed by atoms with Crippen LogP contribution in [0, 0.1) is 5.92 Å². The molecule has 3 unspecified atom stereocenters. The summed E-state index contributed by atoms with van der Waals surface area (Å²) in [5.74, 6) is 1.39. The lowest BCUT2D eigenvalue weighted by atomic mass is 9.87. The smallest absolute Gasteiger partial charge is 0.324 e. The molecule has 0 amide bonds. The summed E-state index contributed by atoms with van der Waals surface area (Å²) < 4.78 is 11.7. The van der Waals surface area contributed by atoms with Gasteiger partial charge in [0.2, 0.25) is 0 Å². The highest BCUT2D eigenvalue weighted by atomic mass is 79.9. The number of hydrogen-bond acceptors (Lipinski definition) is 2. The highest BCUT2D eigenvalue weighted by Crippen LogP contribution is 2.50. The molecule has 0 radical (unpaired) electrons. The van der Waals surface area contributed by atoms with Crippen molar-refractivity contribution in [3.63, 3.8) is 0 Å². The SMILES string of the molecule is CCCCCCCCCCCCCCCCSC1CCCC(C(CBr)P(=O)(O)O)C1. The van der Waals surface area contributed by atoms with Crippen molar-refractivity contribution in [1.29, 1.82) is 0 Å². The molecule has 1 aliphatic rings. The molecule has 180 valence electrons. The largest absolute Gasteiger partial charge is 0.329 e. The van der Waals surface area contributed by atoms with Gasteiger partial charge in [0.1, 0.15) is 0 Å². The topological polar surface area (TPSA) is 57.5 Å². The quantitative estimate of drug-likeness (QED) is 0.100. The summed E-state index contributed by atoms with van der Waals surface area (Å²) in [6.07, 6.45) is 23.9. The maximum absolute atomic E-state index is 11.7. The minimum absolute atomic E-state index is 0.174. The van der Waals surface area contributed by atoms with Gasteiger partial charge < -0.3 is 9.79 Å². The fraction of sp³-hybridized carbons (Fsp3) is 1.00. The molecule has 1 aliphatic carbocycles. The Morgan fingerprint density at radius 3 is 1.83 bits per heavy atom. The van der Waals surface area contributed by atoms with Crippen LogP contribution in [0.25, 0.3) is 0 Å². The van der Waals surface area contributed by atoms with E-state index in [1.807, 2.05) is 0 Å². The lowest BCUT2D eigenvalue weighted by Gasteiger charge is -2.33. The highest BCUT2D eigenvalue weighted by molar-refractivity contribution is 9.09. The summed E-state index contributed by atoms with van der Waals surface area (Å²) >= 11 is 5.39. The van der Waals surface area contributed by atoms with Gasteiger partial charge in [0.05, 0.1) is 5.66 Å². The zero-order chi connectivity index (χ0) is 22.1. The summed E-state index contributed by atoms with van der Waals surface area (Å²) in [5, 5.41) is 1.01. The van der Waals surface area contributed by atoms with Gasteiger partial charge in [0.25, 0.3) is 0 Å². The van der Waals surface area contributed by atoms with Crippen LogP contribution in [0.3, 0.4) is 0 Å². The van der Waals surface area contributed by atoms with Crippen LogP contribution in [0.1, 0.15) is 122 Å². The number of hydrogen-bond donors (Lipinski definition) is 2. The van der Waals surface area contributed by atoms with Gasteiger partial charge in [-0.25, -0.2) is 0 Å². The Kier molecular flexibility index (Phi) is 17.8. The van der Waals surface area contributed by atoms with Gasteiger partial charge in [-0.05, 0) is 37.4 Å². The Morgan fingerprint density at radius 1 is 0.867 bits per heavy atom. The zero-order valence-corrected chi connectivity index (χ0v) is 22.7. The first-order valence-corrected chi connectivity index (χ1v) is 16.6. The van der Waals surface area contributed by atoms with Crippen LogP contribution in [-0.2, 0) is 4.57 Å². The van der Waals surface area contributed by atoms with Gasteiger partial charge in [-0.2, -0.15) is 11.8 Å². The van der Waals surface area contributed by atoms with Crippen molar-refractivity contribution in [2.45, 2.75) is 133 Å². The average Bonchev–Trinajstić information content (AvgIpc) is 2.70. The van der Waals surface area contributed by atoms with E-state index in [0.29, 0.717) is 10.6 Å². The van der Waals surface area contributed by atoms with E-state index in [2.05, 4.69) is 34.6 Å². The van der Waals surface area contributed by atoms with Gasteiger partial charge in [-0.3, -0.25) is 4.57 Å². The van der Waals surface area contributed by atoms with Crippen LogP contribution in [0.5, 0.6) is 0 Å². The maximum Gasteiger partial charge on any atom is 0.329 e. The first kappa shape index (κ1) is 29.0. The molecule has 6 heteroatoms. The van der Waals surface area contributed by atoms with Crippen LogP contribution < -0.4 is 0 Å². The standard InChI is InChI=1S/C24H48BrO3PS/c1-2-3-4-5-6-7-8-9-10-11-12-13-14-15-19-30-23-18-16-17-22(20-23)24(21-25)29(26,27)28/h22-24H,2-21H2,1H3,(H2,26,27,28). The van der Waals surface area contributed by atoms with Gasteiger partial charge in [-0.15, -0.1) is 0 Å². The molecule has 0 aromatic carbocycles. The fourth-order valence-corrected chi connectivity index (χ4v) is 8.80. The summed E-state index contributed by atoms with van der Waals surface area (Å²) in [4.78, 5) is 19.2. The molecule has 0 bridgehead atoms. The molecule has 3 atom stereocenters. The Bertz CT molecular complexity index is 446. The normalized spacial score (nSPS) is 21.1. The molecular weight excluding hydrogens is 479 g/mol. The van der Waals surface area contributed by atoms with Crippen molar-refractivity contribution >= 4 is 35.3 Å². The molecule has 1 rings (SSSR count). The van der Waals surface area contributed by atoms with Crippen molar-refractivity contribution in [2.24, 2.45) is 5.92 Å². The molecule has 1 fully saturated rings. The number of rotatable bonds is 19. The van der Waals surface area contributed by atoms with Gasteiger partial charge in [0.15, 0.2) is 0 Å². The number of thioether (sulfide) groups is 1. The second-order valence-electron chi connectivity index (χ2n) is 9.33. The van der Waals surface area contributed by atoms with E-state index in [9.17, 15) is 14.4 Å². The monoisotopic (exact) mass is 526 g/mol. The van der Waals surface area contributed by atoms with E-state index in [-0.39, 0.29) is 5.92 Å². The van der Waals surface area contributed by atoms with Crippen LogP contribution in [-0.4, -0.2) is 31.8 Å². The Balaban J connectivity index is 1.94. The average molecular weight is 528 g/mol. The number of halogens is 1. The second-order valence-corrected chi connectivity index (χ2v) is 13.2. The zero-order valence-electron chi connectivity index (χ0n) is 19.4. The third kappa shape index (κ3) is 14.2. The van der Waals surface area contributed by atoms with E-state index in [0.717, 1.165) is 19.3 Å². The van der Waals surface area contributed by atoms with Crippen molar-refractivity contribution in [3.05, 3.63) is 0 Å². The van der Waals surface area contributed by atoms with E-state index < -0.39 is 13.3 Å². The summed E-state index contributed by atoms with van der Waals surface area (Å²) in [6.45, 7) is 2.28. The number of unbranched alkanes of at least 4 members (excludes halogenated alkanes) is 13. The first-order valence-electron chi connectivity index (χ1n) is 12.7. The lowest BCUT2D eigenvalue weighted by Crippen LogP contribution is -2.29. The molecule has 0 saturated heterocycles. The Morgan fingerprint density at radius 2 is 1.37 bits per heavy atom. The van der Waals surface area contributed by atoms with Crippen molar-refractivity contribution in [3.8, 4) is 0 Å². The molecule has 0 aromatic rings. The van der Waals surface area contributed by atoms with Crippen LogP contribution in [0.2, 0.25) is 0 Å². The van der Waals surface area contributed by atoms with Crippen LogP contribution in [0.15, 0.2) is 0 Å². The van der Waals surface area contributed by atoms with E-state index >= 15 is 0 Å². The molecule has 30 heavy (non-hydrogen) atoms. The third-order valence-corrected chi connectivity index (χ3v) is 10.7. The number of alkyl halides is 1. The molecule has 0 heterocycles. The van der Waals surface area contributed by atoms with Crippen molar-refractivity contribution < 1.29 is 14.4 Å². The Labute approximate surface area is 199 Å². The minimum Gasteiger partial charge on any atom is -0.324 e. The van der Waals surface area contributed by atoms with E-state index in [1.54, 1.807) is 0 Å². The van der Waals surface area contributed by atoms with Crippen molar-refractivity contribution in [2.75, 3.05) is 11.1 Å². The molecule has 0 aromatic heterocycles. The summed E-state index contributed by atoms with van der Waals surface area (Å²) in [7, 11) is -3.99. The van der Waals surface area contributed by atoms with Crippen LogP contribution >= 0.6 is 35.3 Å². The lowest BCUT2D eigenvalue weighted by molar-refractivity contribution is 0.304. The fourth-order valence-electron chi connectivity index (χ4n) is 4.72. The molecular formula is C24H48BrO3PS. The first-order chi connectivity index (χ1) is 14.5. The van der Waals surface area contributed by atoms with Crippen molar-refractivity contribution in [1.82, 2.24) is 0 Å². The third-order valence-electron chi connectivity index (χ3n) is 6.65. The predicted octanol–water partition coefficient (Wildman–Crippen LogP) is 8.70. The van der Waals surface area contributed by atoms with Gasteiger partial charge >= 0.3 is 7.60 Å². The molecule has 0 spiro atoms. The summed E-state index contributed by atoms with van der Waals surface area (Å²) in [5.41, 5.74) is -0.498. The van der Waals surface area contributed by atoms with Crippen LogP contribution in [0.4, 0.5) is 0 Å². The predicted molar refractivity (Wildman–Crippen MR) is 138 cm³/mol. The molecule has 1 saturated carbocycles. The second kappa shape index (κ2) is 18.4. The maximum atomic E-state index is 11.7. The highest BCUT2D eigenvalue weighted by Gasteiger charge is 2.37. The van der Waals surface area contributed by atoms with Gasteiger partial charge in [0, 0.05) is 10.6 Å². The van der Waals surface area contributed by atoms with E-state index in [1.165, 1.54) is 102 Å². The molecule has 3 nitrogen and oxygen atoms in total. The van der Waals surface area contributed by atoms with E-state index in [4.69, 9.17) is 0 Å². The molecule has 0 aliphatic heterocycles. The molecule has 2 N–H and O–H groups in total. The van der Waals surface area contributed by atoms with Gasteiger partial charge in [-0.1, -0.05) is 113 Å². The summed E-state index contributed by atoms with van der Waals surface area (Å²) in [6, 6.07) is 0. The minimum atomic E-state index is -3.99.